The number of aryl methyl sites for hydroxylation is 1. The third-order valence-corrected chi connectivity index (χ3v) is 9.46. The summed E-state index contributed by atoms with van der Waals surface area (Å²) in [6, 6.07) is 24.5. The zero-order chi connectivity index (χ0) is 34.1. The Labute approximate surface area is 283 Å². The van der Waals surface area contributed by atoms with Crippen LogP contribution in [0.3, 0.4) is 0 Å². The average Bonchev–Trinajstić information content (AvgIpc) is 3.56. The first kappa shape index (κ1) is 32.6. The summed E-state index contributed by atoms with van der Waals surface area (Å²) in [6.45, 7) is 6.03. The Bertz CT molecular complexity index is 2210. The molecule has 1 atom stereocenters. The molecule has 1 aliphatic heterocycles. The second-order valence-corrected chi connectivity index (χ2v) is 12.6. The lowest BCUT2D eigenvalue weighted by Crippen LogP contribution is -2.40. The standard InChI is InChI=1S/C38H38N4O5S/c1-8-47-37(44)33-34(25-12-10-9-11-13-25)39-38-42(35(33)26-14-19-30(45-6)31(21-26)46-7)36(43)32(48-38)22-27-20-23(2)41(24(27)3)29-17-15-28(16-18-29)40(4)5/h9-22,35H,8H2,1-7H3/b32-22+/t35-/m1/s1. The van der Waals surface area contributed by atoms with E-state index < -0.39 is 12.0 Å². The molecule has 1 aliphatic rings. The van der Waals surface area contributed by atoms with Gasteiger partial charge in [-0.25, -0.2) is 9.79 Å². The molecule has 3 heterocycles. The molecule has 0 bridgehead atoms. The van der Waals surface area contributed by atoms with Crippen LogP contribution in [0.4, 0.5) is 5.69 Å². The molecule has 2 aromatic heterocycles. The zero-order valence-electron chi connectivity index (χ0n) is 28.1. The number of hydrogen-bond acceptors (Lipinski definition) is 8. The number of fused-ring (bicyclic) bond motifs is 1. The average molecular weight is 663 g/mol. The van der Waals surface area contributed by atoms with Crippen LogP contribution in [0, 0.1) is 13.8 Å². The van der Waals surface area contributed by atoms with Crippen LogP contribution in [-0.2, 0) is 9.53 Å². The molecule has 246 valence electrons. The fourth-order valence-corrected chi connectivity index (χ4v) is 7.14. The highest BCUT2D eigenvalue weighted by Gasteiger charge is 2.35. The van der Waals surface area contributed by atoms with Gasteiger partial charge in [-0.2, -0.15) is 0 Å². The van der Waals surface area contributed by atoms with Gasteiger partial charge in [-0.1, -0.05) is 47.7 Å². The van der Waals surface area contributed by atoms with Crippen molar-refractivity contribution in [3.63, 3.8) is 0 Å². The number of nitrogens with zero attached hydrogens (tertiary/aromatic N) is 4. The summed E-state index contributed by atoms with van der Waals surface area (Å²) < 4.78 is 21.0. The lowest BCUT2D eigenvalue weighted by Gasteiger charge is -2.26. The summed E-state index contributed by atoms with van der Waals surface area (Å²) in [5.41, 5.74) is 7.00. The predicted octanol–water partition coefficient (Wildman–Crippen LogP) is 5.43. The van der Waals surface area contributed by atoms with Crippen LogP contribution in [0.15, 0.2) is 94.2 Å². The number of hydrogen-bond donors (Lipinski definition) is 0. The normalized spacial score (nSPS) is 14.4. The third kappa shape index (κ3) is 5.84. The summed E-state index contributed by atoms with van der Waals surface area (Å²) in [6.07, 6.45) is 1.92. The number of anilines is 1. The van der Waals surface area contributed by atoms with E-state index in [1.54, 1.807) is 37.8 Å². The number of carbonyl (C=O) groups is 1. The topological polar surface area (TPSA) is 87.3 Å². The molecule has 0 aliphatic carbocycles. The molecule has 3 aromatic carbocycles. The van der Waals surface area contributed by atoms with E-state index in [1.165, 1.54) is 11.3 Å². The highest BCUT2D eigenvalue weighted by molar-refractivity contribution is 7.07. The van der Waals surface area contributed by atoms with Gasteiger partial charge in [-0.05, 0) is 80.4 Å². The van der Waals surface area contributed by atoms with Gasteiger partial charge in [0.2, 0.25) is 0 Å². The van der Waals surface area contributed by atoms with Crippen molar-refractivity contribution in [2.24, 2.45) is 4.99 Å². The minimum Gasteiger partial charge on any atom is -0.493 e. The van der Waals surface area contributed by atoms with E-state index in [0.717, 1.165) is 33.9 Å². The molecule has 6 rings (SSSR count). The molecule has 9 nitrogen and oxygen atoms in total. The van der Waals surface area contributed by atoms with Crippen LogP contribution in [0.1, 0.15) is 41.0 Å². The van der Waals surface area contributed by atoms with Crippen molar-refractivity contribution in [3.05, 3.63) is 132 Å². The van der Waals surface area contributed by atoms with Gasteiger partial charge in [0.25, 0.3) is 5.56 Å². The van der Waals surface area contributed by atoms with Crippen molar-refractivity contribution in [1.29, 1.82) is 0 Å². The number of esters is 1. The largest absolute Gasteiger partial charge is 0.493 e. The maximum absolute atomic E-state index is 14.5. The molecular weight excluding hydrogens is 625 g/mol. The van der Waals surface area contributed by atoms with Gasteiger partial charge < -0.3 is 23.7 Å². The van der Waals surface area contributed by atoms with Gasteiger partial charge in [0, 0.05) is 42.4 Å². The van der Waals surface area contributed by atoms with Crippen LogP contribution in [0.5, 0.6) is 11.5 Å². The van der Waals surface area contributed by atoms with Crippen LogP contribution >= 0.6 is 11.3 Å². The zero-order valence-corrected chi connectivity index (χ0v) is 28.9. The Morgan fingerprint density at radius 1 is 0.958 bits per heavy atom. The summed E-state index contributed by atoms with van der Waals surface area (Å²) in [7, 11) is 7.15. The Morgan fingerprint density at radius 2 is 1.67 bits per heavy atom. The van der Waals surface area contributed by atoms with Crippen molar-refractivity contribution in [1.82, 2.24) is 9.13 Å². The molecule has 0 spiro atoms. The van der Waals surface area contributed by atoms with E-state index in [2.05, 4.69) is 53.6 Å². The van der Waals surface area contributed by atoms with Gasteiger partial charge in [-0.15, -0.1) is 0 Å². The van der Waals surface area contributed by atoms with Crippen molar-refractivity contribution in [3.8, 4) is 17.2 Å². The molecule has 48 heavy (non-hydrogen) atoms. The van der Waals surface area contributed by atoms with Crippen molar-refractivity contribution >= 4 is 34.8 Å². The second-order valence-electron chi connectivity index (χ2n) is 11.6. The van der Waals surface area contributed by atoms with E-state index in [4.69, 9.17) is 19.2 Å². The van der Waals surface area contributed by atoms with Gasteiger partial charge in [-0.3, -0.25) is 9.36 Å². The van der Waals surface area contributed by atoms with Crippen molar-refractivity contribution in [2.45, 2.75) is 26.8 Å². The summed E-state index contributed by atoms with van der Waals surface area (Å²) in [5.74, 6) is 0.466. The fourth-order valence-electron chi connectivity index (χ4n) is 6.15. The van der Waals surface area contributed by atoms with Crippen LogP contribution in [-0.4, -0.2) is 50.0 Å². The molecule has 0 N–H and O–H groups in total. The molecule has 0 unspecified atom stereocenters. The quantitative estimate of drug-likeness (QED) is 0.196. The van der Waals surface area contributed by atoms with Gasteiger partial charge in [0.05, 0.1) is 42.7 Å². The maximum Gasteiger partial charge on any atom is 0.338 e. The van der Waals surface area contributed by atoms with Crippen molar-refractivity contribution < 1.29 is 19.0 Å². The number of thiazole rings is 1. The van der Waals surface area contributed by atoms with Gasteiger partial charge >= 0.3 is 5.97 Å². The Hall–Kier alpha value is -5.35. The highest BCUT2D eigenvalue weighted by atomic mass is 32.1. The first-order valence-electron chi connectivity index (χ1n) is 15.6. The first-order chi connectivity index (χ1) is 23.2. The Kier molecular flexibility index (Phi) is 9.10. The lowest BCUT2D eigenvalue weighted by atomic mass is 9.93. The predicted molar refractivity (Wildman–Crippen MR) is 190 cm³/mol. The first-order valence-corrected chi connectivity index (χ1v) is 16.5. The minimum atomic E-state index is -0.833. The fraction of sp³-hybridized carbons (Fsp3) is 0.237. The maximum atomic E-state index is 14.5. The van der Waals surface area contributed by atoms with Crippen LogP contribution in [0.2, 0.25) is 0 Å². The summed E-state index contributed by atoms with van der Waals surface area (Å²) in [5, 5.41) is 0. The van der Waals surface area contributed by atoms with Crippen molar-refractivity contribution in [2.75, 3.05) is 39.8 Å². The molecule has 0 fully saturated rings. The second kappa shape index (κ2) is 13.4. The van der Waals surface area contributed by atoms with Gasteiger partial charge in [0.15, 0.2) is 16.3 Å². The van der Waals surface area contributed by atoms with E-state index in [9.17, 15) is 9.59 Å². The monoisotopic (exact) mass is 662 g/mol. The SMILES string of the molecule is CCOC(=O)C1=C(c2ccccc2)N=c2s/c(=C/c3cc(C)n(-c4ccc(N(C)C)cc4)c3C)c(=O)n2[C@@H]1c1ccc(OC)c(OC)c1. The number of benzene rings is 3. The highest BCUT2D eigenvalue weighted by Crippen LogP contribution is 2.38. The molecule has 0 amide bonds. The van der Waals surface area contributed by atoms with Crippen LogP contribution < -0.4 is 29.3 Å². The number of rotatable bonds is 9. The Balaban J connectivity index is 1.58. The molecular formula is C38H38N4O5S. The number of ether oxygens (including phenoxy) is 3. The molecule has 10 heteroatoms. The van der Waals surface area contributed by atoms with Crippen LogP contribution in [0.25, 0.3) is 17.5 Å². The van der Waals surface area contributed by atoms with E-state index in [1.807, 2.05) is 56.6 Å². The minimum absolute atomic E-state index is 0.168. The Morgan fingerprint density at radius 3 is 2.31 bits per heavy atom. The van der Waals surface area contributed by atoms with E-state index >= 15 is 0 Å². The third-order valence-electron chi connectivity index (χ3n) is 8.48. The smallest absolute Gasteiger partial charge is 0.338 e. The summed E-state index contributed by atoms with van der Waals surface area (Å²) in [4.78, 5) is 35.8. The number of aromatic nitrogens is 2. The van der Waals surface area contributed by atoms with E-state index in [-0.39, 0.29) is 17.7 Å². The summed E-state index contributed by atoms with van der Waals surface area (Å²) >= 11 is 1.29. The molecule has 5 aromatic rings. The number of carbonyl (C=O) groups excluding carboxylic acids is 1. The molecule has 0 saturated carbocycles. The lowest BCUT2D eigenvalue weighted by molar-refractivity contribution is -0.138. The van der Waals surface area contributed by atoms with Gasteiger partial charge in [0.1, 0.15) is 0 Å². The van der Waals surface area contributed by atoms with E-state index in [0.29, 0.717) is 32.1 Å². The molecule has 0 radical (unpaired) electrons. The number of methoxy groups -OCH3 is 2. The molecule has 0 saturated heterocycles.